The molecule has 2 nitrogen and oxygen atoms in total. The van der Waals surface area contributed by atoms with E-state index in [0.717, 1.165) is 17.5 Å². The van der Waals surface area contributed by atoms with Crippen molar-refractivity contribution in [2.24, 2.45) is 0 Å². The molecule has 0 amide bonds. The largest absolute Gasteiger partial charge is 0.256 e. The lowest BCUT2D eigenvalue weighted by Gasteiger charge is -2.15. The molecule has 0 N–H and O–H groups in total. The first-order valence-electron chi connectivity index (χ1n) is 13.5. The van der Waals surface area contributed by atoms with Crippen molar-refractivity contribution in [3.05, 3.63) is 133 Å². The van der Waals surface area contributed by atoms with Crippen molar-refractivity contribution in [2.75, 3.05) is 0 Å². The number of benzene rings is 6. The van der Waals surface area contributed by atoms with E-state index in [-0.39, 0.29) is 0 Å². The van der Waals surface area contributed by atoms with Gasteiger partial charge in [-0.3, -0.25) is 9.97 Å². The molecule has 0 aliphatic heterocycles. The molecule has 0 unspecified atom stereocenters. The van der Waals surface area contributed by atoms with Crippen LogP contribution in [0.1, 0.15) is 11.1 Å². The SMILES string of the molecule is c1cnc2cc3c(cc2c1)-c1cc2cccnc2c(-c2ccc4c5ccccc5c5ccccc5c4c2)c1C3. The van der Waals surface area contributed by atoms with Crippen LogP contribution < -0.4 is 0 Å². The van der Waals surface area contributed by atoms with Crippen LogP contribution in [0.25, 0.3) is 76.4 Å². The normalized spacial score (nSPS) is 12.5. The highest BCUT2D eigenvalue weighted by Crippen LogP contribution is 2.47. The van der Waals surface area contributed by atoms with Gasteiger partial charge in [0.15, 0.2) is 0 Å². The third-order valence-corrected chi connectivity index (χ3v) is 8.52. The van der Waals surface area contributed by atoms with Gasteiger partial charge in [0.25, 0.3) is 0 Å². The lowest BCUT2D eigenvalue weighted by Crippen LogP contribution is -1.93. The van der Waals surface area contributed by atoms with E-state index in [1.54, 1.807) is 0 Å². The monoisotopic (exact) mass is 494 g/mol. The van der Waals surface area contributed by atoms with Gasteiger partial charge in [-0.1, -0.05) is 72.8 Å². The van der Waals surface area contributed by atoms with E-state index in [1.807, 2.05) is 24.5 Å². The summed E-state index contributed by atoms with van der Waals surface area (Å²) in [5, 5.41) is 10.1. The lowest BCUT2D eigenvalue weighted by molar-refractivity contribution is 1.26. The maximum absolute atomic E-state index is 4.93. The van der Waals surface area contributed by atoms with E-state index < -0.39 is 0 Å². The molecule has 1 aliphatic rings. The van der Waals surface area contributed by atoms with E-state index in [1.165, 1.54) is 76.5 Å². The molecule has 0 atom stereocenters. The second kappa shape index (κ2) is 7.72. The number of hydrogen-bond acceptors (Lipinski definition) is 2. The smallest absolute Gasteiger partial charge is 0.0783 e. The Morgan fingerprint density at radius 1 is 0.487 bits per heavy atom. The van der Waals surface area contributed by atoms with Crippen LogP contribution in [0, 0.1) is 0 Å². The molecule has 0 fully saturated rings. The van der Waals surface area contributed by atoms with Gasteiger partial charge in [-0.2, -0.15) is 0 Å². The number of nitrogens with zero attached hydrogens (tertiary/aromatic N) is 2. The summed E-state index contributed by atoms with van der Waals surface area (Å²) >= 11 is 0. The van der Waals surface area contributed by atoms with Crippen LogP contribution in [0.15, 0.2) is 122 Å². The van der Waals surface area contributed by atoms with E-state index in [4.69, 9.17) is 4.98 Å². The molecule has 0 bridgehead atoms. The van der Waals surface area contributed by atoms with Crippen LogP contribution in [0.4, 0.5) is 0 Å². The molecular weight excluding hydrogens is 472 g/mol. The van der Waals surface area contributed by atoms with Gasteiger partial charge in [0.2, 0.25) is 0 Å². The zero-order valence-corrected chi connectivity index (χ0v) is 21.1. The van der Waals surface area contributed by atoms with Gasteiger partial charge in [0.05, 0.1) is 11.0 Å². The molecule has 180 valence electrons. The van der Waals surface area contributed by atoms with Crippen molar-refractivity contribution in [3.63, 3.8) is 0 Å². The summed E-state index contributed by atoms with van der Waals surface area (Å²) in [6.45, 7) is 0. The third kappa shape index (κ3) is 2.91. The topological polar surface area (TPSA) is 25.8 Å². The first-order chi connectivity index (χ1) is 19.3. The Kier molecular flexibility index (Phi) is 4.14. The summed E-state index contributed by atoms with van der Waals surface area (Å²) in [7, 11) is 0. The summed E-state index contributed by atoms with van der Waals surface area (Å²) < 4.78 is 0. The molecular formula is C37H22N2. The summed E-state index contributed by atoms with van der Waals surface area (Å²) in [5.41, 5.74) is 9.91. The highest BCUT2D eigenvalue weighted by atomic mass is 14.7. The highest BCUT2D eigenvalue weighted by molar-refractivity contribution is 6.26. The first-order valence-corrected chi connectivity index (χ1v) is 13.5. The minimum absolute atomic E-state index is 0.884. The standard InChI is InChI=1S/C37H22N2/c1-2-11-28-26(9-1)27-10-3-4-12-29(27)32-18-23(13-14-30(28)32)36-34-20-25-21-35-22(7-5-15-38-35)17-31(25)33(34)19-24-8-6-16-39-37(24)36/h1-19,21H,20H2. The van der Waals surface area contributed by atoms with Crippen LogP contribution in [0.2, 0.25) is 0 Å². The maximum atomic E-state index is 4.93. The summed E-state index contributed by atoms with van der Waals surface area (Å²) in [6, 6.07) is 39.9. The Labute approximate surface area is 225 Å². The Morgan fingerprint density at radius 2 is 1.13 bits per heavy atom. The van der Waals surface area contributed by atoms with E-state index in [2.05, 4.69) is 102 Å². The van der Waals surface area contributed by atoms with E-state index >= 15 is 0 Å². The molecule has 2 heterocycles. The second-order valence-corrected chi connectivity index (χ2v) is 10.6. The van der Waals surface area contributed by atoms with Gasteiger partial charge in [-0.15, -0.1) is 0 Å². The highest BCUT2D eigenvalue weighted by Gasteiger charge is 2.25. The zero-order chi connectivity index (χ0) is 25.5. The third-order valence-electron chi connectivity index (χ3n) is 8.52. The summed E-state index contributed by atoms with van der Waals surface area (Å²) in [6.07, 6.45) is 4.68. The van der Waals surface area contributed by atoms with Crippen LogP contribution in [-0.4, -0.2) is 9.97 Å². The molecule has 1 aliphatic carbocycles. The molecule has 0 spiro atoms. The Hall–Kier alpha value is -5.08. The summed E-state index contributed by atoms with van der Waals surface area (Å²) in [4.78, 5) is 9.57. The van der Waals surface area contributed by atoms with Gasteiger partial charge >= 0.3 is 0 Å². The van der Waals surface area contributed by atoms with Crippen LogP contribution in [-0.2, 0) is 6.42 Å². The fraction of sp³-hybridized carbons (Fsp3) is 0.0270. The lowest BCUT2D eigenvalue weighted by atomic mass is 9.89. The molecule has 9 rings (SSSR count). The minimum Gasteiger partial charge on any atom is -0.256 e. The first kappa shape index (κ1) is 20.9. The Balaban J connectivity index is 1.38. The molecule has 0 radical (unpaired) electrons. The molecule has 0 saturated carbocycles. The van der Waals surface area contributed by atoms with Gasteiger partial charge in [0.1, 0.15) is 0 Å². The van der Waals surface area contributed by atoms with Crippen molar-refractivity contribution in [1.82, 2.24) is 9.97 Å². The van der Waals surface area contributed by atoms with Crippen molar-refractivity contribution in [2.45, 2.75) is 6.42 Å². The average molecular weight is 495 g/mol. The molecule has 0 saturated heterocycles. The van der Waals surface area contributed by atoms with Gasteiger partial charge in [0, 0.05) is 28.7 Å². The predicted molar refractivity (Wildman–Crippen MR) is 163 cm³/mol. The quantitative estimate of drug-likeness (QED) is 0.212. The van der Waals surface area contributed by atoms with Gasteiger partial charge in [-0.05, 0) is 103 Å². The number of fused-ring (bicyclic) bond motifs is 11. The zero-order valence-electron chi connectivity index (χ0n) is 21.1. The molecule has 39 heavy (non-hydrogen) atoms. The molecule has 2 heteroatoms. The fourth-order valence-corrected chi connectivity index (χ4v) is 6.81. The average Bonchev–Trinajstić information content (AvgIpc) is 3.35. The maximum Gasteiger partial charge on any atom is 0.0783 e. The Morgan fingerprint density at radius 3 is 1.90 bits per heavy atom. The van der Waals surface area contributed by atoms with Crippen molar-refractivity contribution in [3.8, 4) is 22.3 Å². The number of rotatable bonds is 1. The van der Waals surface area contributed by atoms with Crippen LogP contribution >= 0.6 is 0 Å². The van der Waals surface area contributed by atoms with Crippen LogP contribution in [0.3, 0.4) is 0 Å². The number of aromatic nitrogens is 2. The van der Waals surface area contributed by atoms with Gasteiger partial charge < -0.3 is 0 Å². The second-order valence-electron chi connectivity index (χ2n) is 10.6. The number of hydrogen-bond donors (Lipinski definition) is 0. The molecule has 8 aromatic rings. The minimum atomic E-state index is 0.884. The molecule has 6 aromatic carbocycles. The molecule has 2 aromatic heterocycles. The predicted octanol–water partition coefficient (Wildman–Crippen LogP) is 9.48. The van der Waals surface area contributed by atoms with Gasteiger partial charge in [-0.25, -0.2) is 0 Å². The van der Waals surface area contributed by atoms with Crippen LogP contribution in [0.5, 0.6) is 0 Å². The number of pyridine rings is 2. The van der Waals surface area contributed by atoms with E-state index in [0.29, 0.717) is 0 Å². The van der Waals surface area contributed by atoms with Crippen molar-refractivity contribution in [1.29, 1.82) is 0 Å². The van der Waals surface area contributed by atoms with Crippen molar-refractivity contribution < 1.29 is 0 Å². The van der Waals surface area contributed by atoms with E-state index in [9.17, 15) is 0 Å². The van der Waals surface area contributed by atoms with Crippen molar-refractivity contribution >= 4 is 54.1 Å². The Bertz CT molecular complexity index is 2280. The summed E-state index contributed by atoms with van der Waals surface area (Å²) in [5.74, 6) is 0. The fourth-order valence-electron chi connectivity index (χ4n) is 6.81.